The van der Waals surface area contributed by atoms with E-state index in [-0.39, 0.29) is 37.5 Å². The zero-order valence-corrected chi connectivity index (χ0v) is 49.3. The Bertz CT molecular complexity index is 1480. The van der Waals surface area contributed by atoms with Crippen molar-refractivity contribution in [3.63, 3.8) is 0 Å². The molecule has 0 heterocycles. The zero-order valence-electron chi connectivity index (χ0n) is 49.3. The summed E-state index contributed by atoms with van der Waals surface area (Å²) in [6.45, 7) is 6.48. The average Bonchev–Trinajstić information content (AvgIpc) is 3.41. The summed E-state index contributed by atoms with van der Waals surface area (Å²) in [6, 6.07) is 0. The summed E-state index contributed by atoms with van der Waals surface area (Å²) in [5, 5.41) is 0. The fourth-order valence-corrected chi connectivity index (χ4v) is 8.81. The van der Waals surface area contributed by atoms with E-state index in [1.807, 2.05) is 6.08 Å². The van der Waals surface area contributed by atoms with Crippen LogP contribution in [0, 0.1) is 0 Å². The lowest BCUT2D eigenvalue weighted by Gasteiger charge is -2.18. The largest absolute Gasteiger partial charge is 0.462 e. The van der Waals surface area contributed by atoms with Crippen molar-refractivity contribution < 1.29 is 28.6 Å². The molecule has 0 aromatic heterocycles. The van der Waals surface area contributed by atoms with Crippen LogP contribution >= 0.6 is 0 Å². The van der Waals surface area contributed by atoms with Gasteiger partial charge in [-0.25, -0.2) is 0 Å². The molecule has 6 nitrogen and oxygen atoms in total. The molecule has 0 aliphatic rings. The second kappa shape index (κ2) is 62.9. The van der Waals surface area contributed by atoms with Crippen LogP contribution in [0.3, 0.4) is 0 Å². The summed E-state index contributed by atoms with van der Waals surface area (Å²) in [7, 11) is 0. The minimum Gasteiger partial charge on any atom is -0.462 e. The minimum atomic E-state index is -0.814. The number of unbranched alkanes of at least 4 members (excludes halogenated alkanes) is 30. The van der Waals surface area contributed by atoms with Gasteiger partial charge < -0.3 is 14.2 Å². The molecule has 1 unspecified atom stereocenters. The first-order chi connectivity index (χ1) is 37.0. The van der Waals surface area contributed by atoms with Crippen LogP contribution in [0.1, 0.15) is 303 Å². The Morgan fingerprint density at radius 2 is 0.547 bits per heavy atom. The molecule has 0 saturated carbocycles. The van der Waals surface area contributed by atoms with Gasteiger partial charge in [0.05, 0.1) is 0 Å². The third kappa shape index (κ3) is 61.1. The second-order valence-corrected chi connectivity index (χ2v) is 20.9. The Morgan fingerprint density at radius 3 is 0.893 bits per heavy atom. The normalized spacial score (nSPS) is 12.7. The van der Waals surface area contributed by atoms with Crippen molar-refractivity contribution in [1.29, 1.82) is 0 Å². The van der Waals surface area contributed by atoms with Crippen molar-refractivity contribution in [2.75, 3.05) is 13.2 Å². The minimum absolute atomic E-state index is 0.104. The van der Waals surface area contributed by atoms with Crippen molar-refractivity contribution in [2.45, 2.75) is 309 Å². The van der Waals surface area contributed by atoms with Crippen LogP contribution in [-0.2, 0) is 28.6 Å². The zero-order chi connectivity index (χ0) is 54.3. The van der Waals surface area contributed by atoms with Crippen molar-refractivity contribution >= 4 is 17.9 Å². The third-order valence-corrected chi connectivity index (χ3v) is 13.6. The molecule has 0 aliphatic carbocycles. The molecule has 0 N–H and O–H groups in total. The van der Waals surface area contributed by atoms with Gasteiger partial charge in [0.25, 0.3) is 0 Å². The number of carbonyl (C=O) groups excluding carboxylic acids is 3. The van der Waals surface area contributed by atoms with Gasteiger partial charge in [0, 0.05) is 19.3 Å². The van der Waals surface area contributed by atoms with Crippen LogP contribution in [0.25, 0.3) is 0 Å². The van der Waals surface area contributed by atoms with Crippen LogP contribution in [0.2, 0.25) is 0 Å². The molecule has 430 valence electrons. The molecule has 0 spiro atoms. The van der Waals surface area contributed by atoms with E-state index < -0.39 is 6.10 Å². The Kier molecular flexibility index (Phi) is 59.8. The van der Waals surface area contributed by atoms with E-state index in [0.717, 1.165) is 77.0 Å². The maximum Gasteiger partial charge on any atom is 0.306 e. The summed E-state index contributed by atoms with van der Waals surface area (Å²) >= 11 is 0. The van der Waals surface area contributed by atoms with Gasteiger partial charge in [0.1, 0.15) is 13.2 Å². The fraction of sp³-hybridized carbons (Fsp3) is 0.725. The molecule has 6 heteroatoms. The van der Waals surface area contributed by atoms with Gasteiger partial charge in [0.15, 0.2) is 6.10 Å². The molecule has 0 rings (SSSR count). The van der Waals surface area contributed by atoms with Crippen molar-refractivity contribution in [2.24, 2.45) is 0 Å². The summed E-state index contributed by atoms with van der Waals surface area (Å²) in [6.07, 6.45) is 84.2. The number of allylic oxidation sites excluding steroid dienone is 16. The van der Waals surface area contributed by atoms with E-state index in [9.17, 15) is 14.4 Å². The lowest BCUT2D eigenvalue weighted by molar-refractivity contribution is -0.166. The smallest absolute Gasteiger partial charge is 0.306 e. The van der Waals surface area contributed by atoms with Gasteiger partial charge in [-0.1, -0.05) is 272 Å². The predicted octanol–water partition coefficient (Wildman–Crippen LogP) is 21.7. The van der Waals surface area contributed by atoms with E-state index in [1.54, 1.807) is 0 Å². The standard InChI is InChI=1S/C69H118O6/c1-4-7-10-13-16-19-22-25-28-31-34-37-40-43-46-49-52-55-58-61-67(70)73-64-66(75-69(72)63-60-57-54-51-48-45-42-39-36-33-30-27-24-21-18-15-12-9-6-3)65-74-68(71)62-59-56-53-50-47-44-41-38-35-32-29-26-23-20-17-14-11-8-5-2/h7,10,16,19,25,28,32-37,43,46,52,55,66H,4-6,8-9,11-15,17-18,20-24,26-27,29-31,38-42,44-45,47-51,53-54,56-65H2,1-3H3/b10-7-,19-16-,28-25-,35-32-,36-33-,37-34-,46-43-,55-52-. The number of esters is 3. The molecule has 0 bridgehead atoms. The molecule has 0 radical (unpaired) electrons. The molecule has 1 atom stereocenters. The Morgan fingerprint density at radius 1 is 0.280 bits per heavy atom. The predicted molar refractivity (Wildman–Crippen MR) is 325 cm³/mol. The van der Waals surface area contributed by atoms with Crippen molar-refractivity contribution in [1.82, 2.24) is 0 Å². The van der Waals surface area contributed by atoms with Gasteiger partial charge >= 0.3 is 17.9 Å². The van der Waals surface area contributed by atoms with E-state index in [2.05, 4.69) is 112 Å². The molecule has 0 aromatic carbocycles. The molecule has 75 heavy (non-hydrogen) atoms. The summed E-state index contributed by atoms with van der Waals surface area (Å²) < 4.78 is 16.9. The van der Waals surface area contributed by atoms with Gasteiger partial charge in [-0.15, -0.1) is 0 Å². The highest BCUT2D eigenvalue weighted by Gasteiger charge is 2.19. The fourth-order valence-electron chi connectivity index (χ4n) is 8.81. The average molecular weight is 1040 g/mol. The third-order valence-electron chi connectivity index (χ3n) is 13.6. The Hall–Kier alpha value is -3.67. The quantitative estimate of drug-likeness (QED) is 0.0261. The number of rotatable bonds is 57. The highest BCUT2D eigenvalue weighted by atomic mass is 16.6. The van der Waals surface area contributed by atoms with Crippen molar-refractivity contribution in [3.05, 3.63) is 97.2 Å². The number of hydrogen-bond donors (Lipinski definition) is 0. The molecule has 0 fully saturated rings. The van der Waals surface area contributed by atoms with Crippen LogP contribution < -0.4 is 0 Å². The lowest BCUT2D eigenvalue weighted by atomic mass is 10.1. The summed E-state index contributed by atoms with van der Waals surface area (Å²) in [4.78, 5) is 38.3. The van der Waals surface area contributed by atoms with Gasteiger partial charge in [-0.3, -0.25) is 14.4 Å². The van der Waals surface area contributed by atoms with Gasteiger partial charge in [-0.05, 0) is 109 Å². The number of ether oxygens (including phenoxy) is 3. The first-order valence-corrected chi connectivity index (χ1v) is 31.7. The molecule has 0 amide bonds. The summed E-state index contributed by atoms with van der Waals surface area (Å²) in [5.41, 5.74) is 0. The van der Waals surface area contributed by atoms with Gasteiger partial charge in [0.2, 0.25) is 0 Å². The topological polar surface area (TPSA) is 78.9 Å². The van der Waals surface area contributed by atoms with Gasteiger partial charge in [-0.2, -0.15) is 0 Å². The Labute approximate surface area is 464 Å². The maximum absolute atomic E-state index is 12.9. The molecule has 0 aromatic rings. The Balaban J connectivity index is 4.49. The van der Waals surface area contributed by atoms with Crippen LogP contribution in [0.4, 0.5) is 0 Å². The van der Waals surface area contributed by atoms with Crippen LogP contribution in [0.5, 0.6) is 0 Å². The highest BCUT2D eigenvalue weighted by molar-refractivity contribution is 5.71. The maximum atomic E-state index is 12.9. The number of hydrogen-bond acceptors (Lipinski definition) is 6. The number of carbonyl (C=O) groups is 3. The first kappa shape index (κ1) is 71.3. The lowest BCUT2D eigenvalue weighted by Crippen LogP contribution is -2.30. The second-order valence-electron chi connectivity index (χ2n) is 20.9. The van der Waals surface area contributed by atoms with Crippen molar-refractivity contribution in [3.8, 4) is 0 Å². The molecule has 0 saturated heterocycles. The highest BCUT2D eigenvalue weighted by Crippen LogP contribution is 2.15. The molecule has 0 aliphatic heterocycles. The monoisotopic (exact) mass is 1040 g/mol. The molecular formula is C69H118O6. The molecular weight excluding hydrogens is 925 g/mol. The van der Waals surface area contributed by atoms with Crippen LogP contribution in [-0.4, -0.2) is 37.2 Å². The van der Waals surface area contributed by atoms with E-state index in [1.165, 1.54) is 180 Å². The van der Waals surface area contributed by atoms with E-state index in [0.29, 0.717) is 19.3 Å². The van der Waals surface area contributed by atoms with E-state index in [4.69, 9.17) is 14.2 Å². The van der Waals surface area contributed by atoms with E-state index >= 15 is 0 Å². The summed E-state index contributed by atoms with van der Waals surface area (Å²) in [5.74, 6) is -0.991. The first-order valence-electron chi connectivity index (χ1n) is 31.7. The van der Waals surface area contributed by atoms with Crippen LogP contribution in [0.15, 0.2) is 97.2 Å². The SMILES string of the molecule is CC/C=C\C/C=C\C/C=C\C/C=C\C/C=C\C/C=C\CCC(=O)OCC(COC(=O)CCCCCCCCC/C=C\CCCCCCCCCC)OC(=O)CCCCCCCCC/C=C\CCCCCCCCCC.